The second kappa shape index (κ2) is 4.28. The Hall–Kier alpha value is -1.60. The molecule has 0 saturated heterocycles. The van der Waals surface area contributed by atoms with Gasteiger partial charge < -0.3 is 4.74 Å². The minimum Gasteiger partial charge on any atom is -0.455 e. The summed E-state index contributed by atoms with van der Waals surface area (Å²) in [6.07, 6.45) is 0. The molecule has 1 aromatic rings. The van der Waals surface area contributed by atoms with Crippen molar-refractivity contribution in [3.8, 4) is 6.07 Å². The second-order valence-electron chi connectivity index (χ2n) is 3.39. The first-order valence-corrected chi connectivity index (χ1v) is 4.57. The van der Waals surface area contributed by atoms with E-state index in [1.807, 2.05) is 6.07 Å². The largest absolute Gasteiger partial charge is 0.455 e. The predicted octanol–water partition coefficient (Wildman–Crippen LogP) is 2.01. The molecule has 0 saturated carbocycles. The van der Waals surface area contributed by atoms with Crippen molar-refractivity contribution < 1.29 is 9.53 Å². The molecule has 1 heterocycles. The van der Waals surface area contributed by atoms with Crippen LogP contribution in [-0.2, 0) is 15.1 Å². The summed E-state index contributed by atoms with van der Waals surface area (Å²) < 4.78 is 4.86. The van der Waals surface area contributed by atoms with E-state index in [2.05, 4.69) is 4.98 Å². The van der Waals surface area contributed by atoms with E-state index in [0.29, 0.717) is 17.2 Å². The van der Waals surface area contributed by atoms with Crippen molar-refractivity contribution in [3.05, 3.63) is 28.5 Å². The quantitative estimate of drug-likeness (QED) is 0.737. The zero-order valence-corrected chi connectivity index (χ0v) is 9.08. The number of carbonyl (C=O) groups excluding carboxylic acids is 1. The zero-order chi connectivity index (χ0) is 11.5. The molecule has 1 aromatic heterocycles. The average Bonchev–Trinajstić information content (AvgIpc) is 2.16. The molecule has 0 aliphatic rings. The Balaban J connectivity index is 3.20. The lowest BCUT2D eigenvalue weighted by Gasteiger charge is -2.21. The Morgan fingerprint density at radius 3 is 2.80 bits per heavy atom. The summed E-state index contributed by atoms with van der Waals surface area (Å²) in [7, 11) is 0. The van der Waals surface area contributed by atoms with E-state index < -0.39 is 5.60 Å². The average molecular weight is 225 g/mol. The minimum atomic E-state index is -0.891. The number of nitrogens with zero attached hydrogens (tertiary/aromatic N) is 2. The number of hydrogen-bond donors (Lipinski definition) is 0. The van der Waals surface area contributed by atoms with Crippen LogP contribution in [0, 0.1) is 11.3 Å². The number of pyridine rings is 1. The van der Waals surface area contributed by atoms with E-state index in [4.69, 9.17) is 21.6 Å². The van der Waals surface area contributed by atoms with E-state index in [1.54, 1.807) is 19.9 Å². The van der Waals surface area contributed by atoms with Crippen molar-refractivity contribution >= 4 is 18.1 Å². The summed E-state index contributed by atoms with van der Waals surface area (Å²) >= 11 is 5.80. The highest BCUT2D eigenvalue weighted by molar-refractivity contribution is 6.30. The molecular formula is C10H9ClN2O2. The zero-order valence-electron chi connectivity index (χ0n) is 8.32. The van der Waals surface area contributed by atoms with Crippen molar-refractivity contribution in [1.82, 2.24) is 4.98 Å². The van der Waals surface area contributed by atoms with Crippen molar-refractivity contribution in [2.24, 2.45) is 0 Å². The molecule has 4 nitrogen and oxygen atoms in total. The van der Waals surface area contributed by atoms with Gasteiger partial charge in [-0.2, -0.15) is 5.26 Å². The highest BCUT2D eigenvalue weighted by atomic mass is 35.5. The van der Waals surface area contributed by atoms with Gasteiger partial charge in [-0.15, -0.1) is 0 Å². The van der Waals surface area contributed by atoms with Gasteiger partial charge >= 0.3 is 0 Å². The molecule has 0 radical (unpaired) electrons. The van der Waals surface area contributed by atoms with Gasteiger partial charge in [0.25, 0.3) is 6.47 Å². The third-order valence-electron chi connectivity index (χ3n) is 1.86. The summed E-state index contributed by atoms with van der Waals surface area (Å²) in [5.41, 5.74) is -0.253. The summed E-state index contributed by atoms with van der Waals surface area (Å²) in [5, 5.41) is 9.09. The van der Waals surface area contributed by atoms with Crippen LogP contribution in [0.4, 0.5) is 0 Å². The molecule has 0 atom stereocenters. The van der Waals surface area contributed by atoms with Crippen molar-refractivity contribution in [2.75, 3.05) is 0 Å². The fourth-order valence-electron chi connectivity index (χ4n) is 1.04. The highest BCUT2D eigenvalue weighted by Crippen LogP contribution is 2.24. The van der Waals surface area contributed by atoms with Gasteiger partial charge in [-0.3, -0.25) is 4.79 Å². The number of hydrogen-bond acceptors (Lipinski definition) is 4. The summed E-state index contributed by atoms with van der Waals surface area (Å²) in [4.78, 5) is 14.3. The molecule has 0 N–H and O–H groups in total. The van der Waals surface area contributed by atoms with Gasteiger partial charge in [-0.05, 0) is 26.0 Å². The van der Waals surface area contributed by atoms with Gasteiger partial charge in [0.05, 0.1) is 5.69 Å². The van der Waals surface area contributed by atoms with E-state index in [0.717, 1.165) is 0 Å². The van der Waals surface area contributed by atoms with Gasteiger partial charge in [0.15, 0.2) is 0 Å². The van der Waals surface area contributed by atoms with Crippen molar-refractivity contribution in [3.63, 3.8) is 0 Å². The minimum absolute atomic E-state index is 0.195. The smallest absolute Gasteiger partial charge is 0.294 e. The highest BCUT2D eigenvalue weighted by Gasteiger charge is 2.24. The maximum absolute atomic E-state index is 10.3. The van der Waals surface area contributed by atoms with Gasteiger partial charge in [-0.25, -0.2) is 4.98 Å². The molecule has 0 amide bonds. The maximum Gasteiger partial charge on any atom is 0.294 e. The van der Waals surface area contributed by atoms with Crippen LogP contribution in [-0.4, -0.2) is 11.5 Å². The molecule has 1 rings (SSSR count). The summed E-state index contributed by atoms with van der Waals surface area (Å²) in [6.45, 7) is 3.68. The van der Waals surface area contributed by atoms with Crippen molar-refractivity contribution in [1.29, 1.82) is 5.26 Å². The van der Waals surface area contributed by atoms with Crippen LogP contribution in [0.3, 0.4) is 0 Å². The fraction of sp³-hybridized carbons (Fsp3) is 0.300. The van der Waals surface area contributed by atoms with Gasteiger partial charge in [-0.1, -0.05) is 11.6 Å². The molecule has 0 bridgehead atoms. The lowest BCUT2D eigenvalue weighted by atomic mass is 10.0. The Labute approximate surface area is 92.4 Å². The van der Waals surface area contributed by atoms with Crippen LogP contribution in [0.1, 0.15) is 25.2 Å². The predicted molar refractivity (Wildman–Crippen MR) is 54.1 cm³/mol. The monoisotopic (exact) mass is 224 g/mol. The first-order chi connectivity index (χ1) is 6.99. The number of halogens is 1. The van der Waals surface area contributed by atoms with Crippen LogP contribution in [0.5, 0.6) is 0 Å². The third kappa shape index (κ3) is 2.67. The lowest BCUT2D eigenvalue weighted by molar-refractivity contribution is -0.141. The van der Waals surface area contributed by atoms with Gasteiger partial charge in [0.2, 0.25) is 0 Å². The van der Waals surface area contributed by atoms with E-state index >= 15 is 0 Å². The molecule has 0 fully saturated rings. The van der Waals surface area contributed by atoms with E-state index in [-0.39, 0.29) is 5.69 Å². The SMILES string of the molecule is CC(C)(OC=O)c1cc(Cl)cc(C#N)n1. The topological polar surface area (TPSA) is 63.0 Å². The van der Waals surface area contributed by atoms with Crippen LogP contribution in [0.2, 0.25) is 5.02 Å². The maximum atomic E-state index is 10.3. The van der Waals surface area contributed by atoms with Crippen molar-refractivity contribution in [2.45, 2.75) is 19.4 Å². The number of nitriles is 1. The number of ether oxygens (including phenoxy) is 1. The Bertz CT molecular complexity index is 424. The molecule has 15 heavy (non-hydrogen) atoms. The molecule has 0 aromatic carbocycles. The Kier molecular flexibility index (Phi) is 3.28. The number of aromatic nitrogens is 1. The molecule has 0 unspecified atom stereocenters. The fourth-order valence-corrected chi connectivity index (χ4v) is 1.25. The van der Waals surface area contributed by atoms with Crippen LogP contribution in [0.25, 0.3) is 0 Å². The Morgan fingerprint density at radius 1 is 1.60 bits per heavy atom. The molecule has 0 aliphatic carbocycles. The Morgan fingerprint density at radius 2 is 2.27 bits per heavy atom. The number of carbonyl (C=O) groups is 1. The van der Waals surface area contributed by atoms with Crippen LogP contribution < -0.4 is 0 Å². The lowest BCUT2D eigenvalue weighted by Crippen LogP contribution is -2.22. The molecule has 0 aliphatic heterocycles. The molecule has 5 heteroatoms. The second-order valence-corrected chi connectivity index (χ2v) is 3.83. The van der Waals surface area contributed by atoms with Crippen LogP contribution in [0.15, 0.2) is 12.1 Å². The molecular weight excluding hydrogens is 216 g/mol. The summed E-state index contributed by atoms with van der Waals surface area (Å²) in [5.74, 6) is 0. The summed E-state index contributed by atoms with van der Waals surface area (Å²) in [6, 6.07) is 4.89. The van der Waals surface area contributed by atoms with E-state index in [1.165, 1.54) is 6.07 Å². The van der Waals surface area contributed by atoms with Crippen LogP contribution >= 0.6 is 11.6 Å². The first kappa shape index (κ1) is 11.5. The first-order valence-electron chi connectivity index (χ1n) is 4.19. The standard InChI is InChI=1S/C10H9ClN2O2/c1-10(2,15-6-14)9-4-7(11)3-8(5-12)13-9/h3-4,6H,1-2H3. The van der Waals surface area contributed by atoms with Gasteiger partial charge in [0.1, 0.15) is 17.4 Å². The van der Waals surface area contributed by atoms with Gasteiger partial charge in [0, 0.05) is 5.02 Å². The third-order valence-corrected chi connectivity index (χ3v) is 2.08. The molecule has 0 spiro atoms. The number of rotatable bonds is 3. The normalized spacial score (nSPS) is 10.5. The van der Waals surface area contributed by atoms with E-state index in [9.17, 15) is 4.79 Å². The molecule has 78 valence electrons.